The third-order valence-corrected chi connectivity index (χ3v) is 4.74. The summed E-state index contributed by atoms with van der Waals surface area (Å²) in [7, 11) is 0. The van der Waals surface area contributed by atoms with Crippen molar-refractivity contribution in [3.05, 3.63) is 108 Å². The lowest BCUT2D eigenvalue weighted by molar-refractivity contribution is 0.103. The van der Waals surface area contributed by atoms with Crippen LogP contribution in [-0.2, 0) is 0 Å². The van der Waals surface area contributed by atoms with Gasteiger partial charge in [-0.05, 0) is 36.1 Å². The second-order valence-corrected chi connectivity index (χ2v) is 6.85. The molecule has 29 heavy (non-hydrogen) atoms. The Morgan fingerprint density at radius 3 is 2.21 bits per heavy atom. The van der Waals surface area contributed by atoms with Gasteiger partial charge in [-0.1, -0.05) is 72.8 Å². The molecule has 0 heterocycles. The van der Waals surface area contributed by atoms with Crippen LogP contribution in [0.3, 0.4) is 0 Å². The fourth-order valence-corrected chi connectivity index (χ4v) is 3.31. The van der Waals surface area contributed by atoms with Crippen molar-refractivity contribution in [3.63, 3.8) is 0 Å². The number of aryl methyl sites for hydroxylation is 1. The van der Waals surface area contributed by atoms with Gasteiger partial charge in [-0.15, -0.1) is 0 Å². The molecule has 2 N–H and O–H groups in total. The zero-order valence-corrected chi connectivity index (χ0v) is 16.0. The summed E-state index contributed by atoms with van der Waals surface area (Å²) in [5.41, 5.74) is 3.18. The zero-order valence-electron chi connectivity index (χ0n) is 16.0. The highest BCUT2D eigenvalue weighted by Gasteiger charge is 2.16. The Morgan fingerprint density at radius 2 is 1.38 bits per heavy atom. The minimum Gasteiger partial charge on any atom is -0.307 e. The maximum atomic E-state index is 12.9. The molecular formula is C25H20N2O2. The van der Waals surface area contributed by atoms with E-state index in [0.717, 1.165) is 16.3 Å². The third-order valence-electron chi connectivity index (χ3n) is 4.74. The monoisotopic (exact) mass is 380 g/mol. The number of nitrogens with one attached hydrogen (secondary N) is 2. The van der Waals surface area contributed by atoms with E-state index in [1.165, 1.54) is 0 Å². The first-order chi connectivity index (χ1) is 14.1. The van der Waals surface area contributed by atoms with Crippen LogP contribution in [0, 0.1) is 6.92 Å². The van der Waals surface area contributed by atoms with Crippen molar-refractivity contribution in [2.75, 3.05) is 10.6 Å². The number of hydrogen-bond acceptors (Lipinski definition) is 2. The van der Waals surface area contributed by atoms with Gasteiger partial charge in [-0.25, -0.2) is 4.79 Å². The van der Waals surface area contributed by atoms with E-state index in [0.29, 0.717) is 22.5 Å². The lowest BCUT2D eigenvalue weighted by atomic mass is 10.0. The Hall–Kier alpha value is -3.92. The largest absolute Gasteiger partial charge is 0.323 e. The Labute approximate surface area is 169 Å². The van der Waals surface area contributed by atoms with Gasteiger partial charge in [0.25, 0.3) is 0 Å². The summed E-state index contributed by atoms with van der Waals surface area (Å²) in [6, 6.07) is 27.7. The van der Waals surface area contributed by atoms with Crippen molar-refractivity contribution < 1.29 is 9.59 Å². The van der Waals surface area contributed by atoms with Crippen LogP contribution in [0.15, 0.2) is 91.0 Å². The summed E-state index contributed by atoms with van der Waals surface area (Å²) in [5.74, 6) is -0.133. The van der Waals surface area contributed by atoms with Crippen molar-refractivity contribution in [1.82, 2.24) is 0 Å². The molecule has 0 aliphatic heterocycles. The first-order valence-corrected chi connectivity index (χ1v) is 9.38. The van der Waals surface area contributed by atoms with E-state index in [1.54, 1.807) is 24.3 Å². The van der Waals surface area contributed by atoms with E-state index in [4.69, 9.17) is 0 Å². The van der Waals surface area contributed by atoms with E-state index in [2.05, 4.69) is 10.6 Å². The van der Waals surface area contributed by atoms with Crippen molar-refractivity contribution in [2.24, 2.45) is 0 Å². The van der Waals surface area contributed by atoms with E-state index < -0.39 is 6.03 Å². The van der Waals surface area contributed by atoms with Gasteiger partial charge in [0.2, 0.25) is 0 Å². The van der Waals surface area contributed by atoms with Crippen LogP contribution < -0.4 is 10.6 Å². The van der Waals surface area contributed by atoms with Crippen LogP contribution in [0.4, 0.5) is 16.2 Å². The number of amides is 2. The molecule has 4 aromatic carbocycles. The minimum atomic E-state index is -0.394. The smallest absolute Gasteiger partial charge is 0.307 e. The summed E-state index contributed by atoms with van der Waals surface area (Å²) in [4.78, 5) is 25.6. The molecule has 0 aromatic heterocycles. The molecule has 142 valence electrons. The fraction of sp³-hybridized carbons (Fsp3) is 0.0400. The lowest BCUT2D eigenvalue weighted by Crippen LogP contribution is -2.21. The Morgan fingerprint density at radius 1 is 0.690 bits per heavy atom. The third kappa shape index (κ3) is 4.01. The van der Waals surface area contributed by atoms with Crippen molar-refractivity contribution in [2.45, 2.75) is 6.92 Å². The van der Waals surface area contributed by atoms with Crippen LogP contribution in [0.25, 0.3) is 10.8 Å². The molecule has 0 aliphatic rings. The number of ketones is 1. The van der Waals surface area contributed by atoms with Crippen molar-refractivity contribution in [1.29, 1.82) is 0 Å². The molecule has 0 spiro atoms. The predicted molar refractivity (Wildman–Crippen MR) is 118 cm³/mol. The number of hydrogen-bond donors (Lipinski definition) is 2. The molecule has 0 fully saturated rings. The highest BCUT2D eigenvalue weighted by Crippen LogP contribution is 2.25. The van der Waals surface area contributed by atoms with Gasteiger partial charge in [-0.2, -0.15) is 0 Å². The molecular weight excluding hydrogens is 360 g/mol. The quantitative estimate of drug-likeness (QED) is 0.425. The van der Waals surface area contributed by atoms with Gasteiger partial charge in [0.15, 0.2) is 5.78 Å². The number of fused-ring (bicyclic) bond motifs is 1. The van der Waals surface area contributed by atoms with E-state index in [9.17, 15) is 9.59 Å². The highest BCUT2D eigenvalue weighted by atomic mass is 16.2. The molecule has 0 bridgehead atoms. The molecule has 4 nitrogen and oxygen atoms in total. The van der Waals surface area contributed by atoms with Crippen LogP contribution in [-0.4, -0.2) is 11.8 Å². The molecule has 4 heteroatoms. The standard InChI is InChI=1S/C25H20N2O2/c1-17-14-15-21(24(28)19-9-3-2-4-10-19)23(16-17)27-25(29)26-22-13-7-11-18-8-5-6-12-20(18)22/h2-16H,1H3,(H2,26,27,29). The summed E-state index contributed by atoms with van der Waals surface area (Å²) < 4.78 is 0. The van der Waals surface area contributed by atoms with E-state index in [-0.39, 0.29) is 5.78 Å². The summed E-state index contributed by atoms with van der Waals surface area (Å²) in [6.07, 6.45) is 0. The van der Waals surface area contributed by atoms with E-state index in [1.807, 2.05) is 73.7 Å². The number of benzene rings is 4. The van der Waals surface area contributed by atoms with Gasteiger partial charge in [-0.3, -0.25) is 4.79 Å². The first-order valence-electron chi connectivity index (χ1n) is 9.38. The molecule has 4 aromatic rings. The molecule has 0 atom stereocenters. The van der Waals surface area contributed by atoms with Crippen LogP contribution >= 0.6 is 0 Å². The molecule has 2 amide bonds. The number of carbonyl (C=O) groups is 2. The fourth-order valence-electron chi connectivity index (χ4n) is 3.31. The minimum absolute atomic E-state index is 0.133. The Kier molecular flexibility index (Phi) is 5.08. The summed E-state index contributed by atoms with van der Waals surface area (Å²) >= 11 is 0. The normalized spacial score (nSPS) is 10.5. The number of rotatable bonds is 4. The summed E-state index contributed by atoms with van der Waals surface area (Å²) in [6.45, 7) is 1.92. The average molecular weight is 380 g/mol. The lowest BCUT2D eigenvalue weighted by Gasteiger charge is -2.13. The van der Waals surface area contributed by atoms with Gasteiger partial charge >= 0.3 is 6.03 Å². The van der Waals surface area contributed by atoms with Gasteiger partial charge in [0.05, 0.1) is 11.4 Å². The molecule has 4 rings (SSSR count). The maximum absolute atomic E-state index is 12.9. The van der Waals surface area contributed by atoms with Crippen molar-refractivity contribution in [3.8, 4) is 0 Å². The average Bonchev–Trinajstić information content (AvgIpc) is 2.74. The van der Waals surface area contributed by atoms with Crippen LogP contribution in [0.5, 0.6) is 0 Å². The second kappa shape index (κ2) is 7.98. The number of carbonyl (C=O) groups excluding carboxylic acids is 2. The van der Waals surface area contributed by atoms with Crippen molar-refractivity contribution >= 4 is 34.0 Å². The Balaban J connectivity index is 1.61. The maximum Gasteiger partial charge on any atom is 0.323 e. The van der Waals surface area contributed by atoms with Gasteiger partial charge in [0.1, 0.15) is 0 Å². The zero-order chi connectivity index (χ0) is 20.2. The highest BCUT2D eigenvalue weighted by molar-refractivity contribution is 6.15. The first kappa shape index (κ1) is 18.4. The van der Waals surface area contributed by atoms with E-state index >= 15 is 0 Å². The number of anilines is 2. The number of urea groups is 1. The molecule has 0 unspecified atom stereocenters. The summed E-state index contributed by atoms with van der Waals surface area (Å²) in [5, 5.41) is 7.74. The molecule has 0 saturated carbocycles. The van der Waals surface area contributed by atoms with Gasteiger partial charge < -0.3 is 10.6 Å². The van der Waals surface area contributed by atoms with Gasteiger partial charge in [0, 0.05) is 16.5 Å². The predicted octanol–water partition coefficient (Wildman–Crippen LogP) is 6.02. The SMILES string of the molecule is Cc1ccc(C(=O)c2ccccc2)c(NC(=O)Nc2cccc3ccccc23)c1. The van der Waals surface area contributed by atoms with Crippen LogP contribution in [0.2, 0.25) is 0 Å². The topological polar surface area (TPSA) is 58.2 Å². The second-order valence-electron chi connectivity index (χ2n) is 6.85. The molecule has 0 saturated heterocycles. The Bertz CT molecular complexity index is 1190. The molecule has 0 aliphatic carbocycles. The van der Waals surface area contributed by atoms with Crippen LogP contribution in [0.1, 0.15) is 21.5 Å². The molecule has 0 radical (unpaired) electrons.